The fourth-order valence-electron chi connectivity index (χ4n) is 3.16. The van der Waals surface area contributed by atoms with Gasteiger partial charge in [0.05, 0.1) is 0 Å². The van der Waals surface area contributed by atoms with Crippen molar-refractivity contribution in [2.75, 3.05) is 19.6 Å². The average molecular weight is 299 g/mol. The SMILES string of the molecule is CC1(C2CC2)CNCCN1Cc1c(Cl)cccc1Cl. The molecule has 0 spiro atoms. The molecular weight excluding hydrogens is 279 g/mol. The van der Waals surface area contributed by atoms with Crippen molar-refractivity contribution < 1.29 is 0 Å². The van der Waals surface area contributed by atoms with E-state index in [4.69, 9.17) is 23.2 Å². The highest BCUT2D eigenvalue weighted by molar-refractivity contribution is 6.35. The van der Waals surface area contributed by atoms with Crippen molar-refractivity contribution in [3.8, 4) is 0 Å². The van der Waals surface area contributed by atoms with Crippen molar-refractivity contribution in [2.24, 2.45) is 5.92 Å². The molecule has 0 radical (unpaired) electrons. The number of rotatable bonds is 3. The first-order valence-corrected chi connectivity index (χ1v) is 7.75. The van der Waals surface area contributed by atoms with Gasteiger partial charge in [-0.3, -0.25) is 4.90 Å². The van der Waals surface area contributed by atoms with Crippen LogP contribution in [-0.4, -0.2) is 30.1 Å². The molecule has 2 fully saturated rings. The summed E-state index contributed by atoms with van der Waals surface area (Å²) in [5, 5.41) is 5.10. The third-order valence-electron chi connectivity index (χ3n) is 4.63. The van der Waals surface area contributed by atoms with E-state index in [-0.39, 0.29) is 5.54 Å². The summed E-state index contributed by atoms with van der Waals surface area (Å²) in [6.07, 6.45) is 2.70. The summed E-state index contributed by atoms with van der Waals surface area (Å²) >= 11 is 12.6. The van der Waals surface area contributed by atoms with Crippen LogP contribution in [0, 0.1) is 5.92 Å². The van der Waals surface area contributed by atoms with Crippen LogP contribution in [0.4, 0.5) is 0 Å². The zero-order valence-corrected chi connectivity index (χ0v) is 12.8. The van der Waals surface area contributed by atoms with Gasteiger partial charge in [0, 0.05) is 47.3 Å². The molecule has 2 aliphatic rings. The summed E-state index contributed by atoms with van der Waals surface area (Å²) < 4.78 is 0. The highest BCUT2D eigenvalue weighted by Crippen LogP contribution is 2.44. The van der Waals surface area contributed by atoms with Crippen LogP contribution in [0.15, 0.2) is 18.2 Å². The number of hydrogen-bond acceptors (Lipinski definition) is 2. The first-order valence-electron chi connectivity index (χ1n) is 7.00. The molecule has 1 aliphatic carbocycles. The van der Waals surface area contributed by atoms with Crippen molar-refractivity contribution >= 4 is 23.2 Å². The van der Waals surface area contributed by atoms with Gasteiger partial charge < -0.3 is 5.32 Å². The number of piperazine rings is 1. The maximum absolute atomic E-state index is 6.31. The van der Waals surface area contributed by atoms with Crippen molar-refractivity contribution in [3.05, 3.63) is 33.8 Å². The third-order valence-corrected chi connectivity index (χ3v) is 5.34. The molecule has 0 bridgehead atoms. The van der Waals surface area contributed by atoms with Crippen LogP contribution in [0.3, 0.4) is 0 Å². The molecule has 4 heteroatoms. The van der Waals surface area contributed by atoms with Crippen molar-refractivity contribution in [1.29, 1.82) is 0 Å². The Kier molecular flexibility index (Phi) is 3.78. The third kappa shape index (κ3) is 2.64. The first-order chi connectivity index (χ1) is 9.11. The van der Waals surface area contributed by atoms with E-state index < -0.39 is 0 Å². The minimum absolute atomic E-state index is 0.251. The molecule has 2 nitrogen and oxygen atoms in total. The number of hydrogen-bond donors (Lipinski definition) is 1. The zero-order chi connectivity index (χ0) is 13.5. The molecule has 19 heavy (non-hydrogen) atoms. The van der Waals surface area contributed by atoms with E-state index >= 15 is 0 Å². The van der Waals surface area contributed by atoms with Gasteiger partial charge in [0.25, 0.3) is 0 Å². The molecule has 1 aliphatic heterocycles. The predicted octanol–water partition coefficient (Wildman–Crippen LogP) is 3.57. The van der Waals surface area contributed by atoms with Gasteiger partial charge in [0.15, 0.2) is 0 Å². The lowest BCUT2D eigenvalue weighted by Crippen LogP contribution is -2.60. The van der Waals surface area contributed by atoms with Gasteiger partial charge in [0.2, 0.25) is 0 Å². The summed E-state index contributed by atoms with van der Waals surface area (Å²) in [7, 11) is 0. The quantitative estimate of drug-likeness (QED) is 0.918. The average Bonchev–Trinajstić information content (AvgIpc) is 3.20. The summed E-state index contributed by atoms with van der Waals surface area (Å²) in [6, 6.07) is 5.77. The number of nitrogens with one attached hydrogen (secondary N) is 1. The minimum Gasteiger partial charge on any atom is -0.314 e. The highest BCUT2D eigenvalue weighted by Gasteiger charge is 2.46. The van der Waals surface area contributed by atoms with Gasteiger partial charge in [-0.1, -0.05) is 29.3 Å². The number of halogens is 2. The summed E-state index contributed by atoms with van der Waals surface area (Å²) in [6.45, 7) is 6.41. The monoisotopic (exact) mass is 298 g/mol. The van der Waals surface area contributed by atoms with E-state index in [1.165, 1.54) is 12.8 Å². The second kappa shape index (κ2) is 5.25. The maximum Gasteiger partial charge on any atom is 0.0465 e. The molecule has 0 aromatic heterocycles. The maximum atomic E-state index is 6.31. The fraction of sp³-hybridized carbons (Fsp3) is 0.600. The van der Waals surface area contributed by atoms with E-state index in [2.05, 4.69) is 17.1 Å². The molecule has 1 saturated carbocycles. The number of nitrogens with zero attached hydrogens (tertiary/aromatic N) is 1. The zero-order valence-electron chi connectivity index (χ0n) is 11.3. The minimum atomic E-state index is 0.251. The second-order valence-corrected chi connectivity index (χ2v) is 6.74. The topological polar surface area (TPSA) is 15.3 Å². The van der Waals surface area contributed by atoms with Crippen LogP contribution in [0.1, 0.15) is 25.3 Å². The van der Waals surface area contributed by atoms with Crippen LogP contribution in [0.2, 0.25) is 10.0 Å². The molecule has 1 unspecified atom stereocenters. The van der Waals surface area contributed by atoms with Gasteiger partial charge in [0.1, 0.15) is 0 Å². The van der Waals surface area contributed by atoms with Gasteiger partial charge >= 0.3 is 0 Å². The second-order valence-electron chi connectivity index (χ2n) is 5.93. The molecule has 3 rings (SSSR count). The van der Waals surface area contributed by atoms with Crippen LogP contribution >= 0.6 is 23.2 Å². The van der Waals surface area contributed by atoms with Gasteiger partial charge in [-0.05, 0) is 37.8 Å². The molecule has 1 aromatic rings. The van der Waals surface area contributed by atoms with Crippen LogP contribution in [0.25, 0.3) is 0 Å². The van der Waals surface area contributed by atoms with Gasteiger partial charge in [-0.15, -0.1) is 0 Å². The Labute approximate surface area is 125 Å². The van der Waals surface area contributed by atoms with Crippen LogP contribution < -0.4 is 5.32 Å². The molecule has 1 N–H and O–H groups in total. The Morgan fingerprint density at radius 3 is 2.63 bits per heavy atom. The van der Waals surface area contributed by atoms with Crippen molar-refractivity contribution in [1.82, 2.24) is 10.2 Å². The summed E-state index contributed by atoms with van der Waals surface area (Å²) in [5.41, 5.74) is 1.32. The lowest BCUT2D eigenvalue weighted by molar-refractivity contribution is 0.0485. The fourth-order valence-corrected chi connectivity index (χ4v) is 3.68. The van der Waals surface area contributed by atoms with Crippen LogP contribution in [-0.2, 0) is 6.54 Å². The lowest BCUT2D eigenvalue weighted by Gasteiger charge is -2.46. The Morgan fingerprint density at radius 1 is 1.32 bits per heavy atom. The Morgan fingerprint density at radius 2 is 2.00 bits per heavy atom. The molecule has 1 aromatic carbocycles. The molecule has 0 amide bonds. The normalized spacial score (nSPS) is 28.6. The van der Waals surface area contributed by atoms with Crippen molar-refractivity contribution in [3.63, 3.8) is 0 Å². The highest BCUT2D eigenvalue weighted by atomic mass is 35.5. The first kappa shape index (κ1) is 13.7. The molecule has 1 atom stereocenters. The summed E-state index contributed by atoms with van der Waals surface area (Å²) in [4.78, 5) is 2.56. The lowest BCUT2D eigenvalue weighted by atomic mass is 9.90. The van der Waals surface area contributed by atoms with E-state index in [1.807, 2.05) is 18.2 Å². The predicted molar refractivity (Wildman–Crippen MR) is 80.9 cm³/mol. The standard InChI is InChI=1S/C15H20Cl2N2/c1-15(11-5-6-11)10-18-7-8-19(15)9-12-13(16)3-2-4-14(12)17/h2-4,11,18H,5-10H2,1H3. The van der Waals surface area contributed by atoms with Gasteiger partial charge in [-0.2, -0.15) is 0 Å². The largest absolute Gasteiger partial charge is 0.314 e. The molecular formula is C15H20Cl2N2. The Hall–Kier alpha value is -0.280. The Balaban J connectivity index is 1.84. The smallest absolute Gasteiger partial charge is 0.0465 e. The molecule has 1 heterocycles. The van der Waals surface area contributed by atoms with E-state index in [0.29, 0.717) is 0 Å². The Bertz CT molecular complexity index is 453. The van der Waals surface area contributed by atoms with E-state index in [1.54, 1.807) is 0 Å². The summed E-state index contributed by atoms with van der Waals surface area (Å²) in [5.74, 6) is 0.821. The van der Waals surface area contributed by atoms with Crippen LogP contribution in [0.5, 0.6) is 0 Å². The van der Waals surface area contributed by atoms with E-state index in [9.17, 15) is 0 Å². The van der Waals surface area contributed by atoms with Gasteiger partial charge in [-0.25, -0.2) is 0 Å². The molecule has 104 valence electrons. The van der Waals surface area contributed by atoms with Crippen molar-refractivity contribution in [2.45, 2.75) is 31.8 Å². The molecule has 1 saturated heterocycles. The van der Waals surface area contributed by atoms with E-state index in [0.717, 1.165) is 47.7 Å². The number of benzene rings is 1.